The van der Waals surface area contributed by atoms with Gasteiger partial charge in [-0.15, -0.1) is 11.8 Å². The zero-order chi connectivity index (χ0) is 28.5. The van der Waals surface area contributed by atoms with Gasteiger partial charge in [0.15, 0.2) is 5.65 Å². The molecule has 14 heteroatoms. The second-order valence-electron chi connectivity index (χ2n) is 9.21. The zero-order valence-electron chi connectivity index (χ0n) is 22.9. The molecule has 1 saturated heterocycles. The van der Waals surface area contributed by atoms with Gasteiger partial charge in [0.05, 0.1) is 31.2 Å². The van der Waals surface area contributed by atoms with Crippen molar-refractivity contribution in [3.63, 3.8) is 0 Å². The number of hydrogen-bond acceptors (Lipinski definition) is 11. The molecule has 0 spiro atoms. The van der Waals surface area contributed by atoms with Gasteiger partial charge < -0.3 is 29.0 Å². The van der Waals surface area contributed by atoms with Crippen LogP contribution in [0.1, 0.15) is 40.3 Å². The van der Waals surface area contributed by atoms with Gasteiger partial charge in [0, 0.05) is 18.1 Å². The van der Waals surface area contributed by atoms with Gasteiger partial charge in [-0.25, -0.2) is 15.1 Å². The van der Waals surface area contributed by atoms with Gasteiger partial charge in [0.1, 0.15) is 28.8 Å². The molecule has 1 aliphatic rings. The Morgan fingerprint density at radius 3 is 2.62 bits per heavy atom. The van der Waals surface area contributed by atoms with E-state index in [1.165, 1.54) is 11.8 Å². The molecule has 1 aliphatic heterocycles. The maximum atomic E-state index is 11.2. The van der Waals surface area contributed by atoms with Crippen molar-refractivity contribution in [1.82, 2.24) is 24.6 Å². The maximum Gasteiger partial charge on any atom is 0.318 e. The number of methoxy groups -OCH3 is 1. The number of imidazole rings is 1. The largest absolute Gasteiger partial charge is 0.436 e. The second-order valence-corrected chi connectivity index (χ2v) is 11.7. The number of thioether (sulfide) groups is 1. The summed E-state index contributed by atoms with van der Waals surface area (Å²) in [4.78, 5) is 24.3. The van der Waals surface area contributed by atoms with Gasteiger partial charge >= 0.3 is 8.53 Å². The summed E-state index contributed by atoms with van der Waals surface area (Å²) < 4.78 is 24.9. The first-order valence-electron chi connectivity index (χ1n) is 12.4. The molecule has 3 heterocycles. The van der Waals surface area contributed by atoms with E-state index < -0.39 is 14.6 Å². The number of benzene rings is 1. The van der Waals surface area contributed by atoms with E-state index in [2.05, 4.69) is 27.0 Å². The summed E-state index contributed by atoms with van der Waals surface area (Å²) in [5.41, 5.74) is 7.25. The van der Waals surface area contributed by atoms with Crippen molar-refractivity contribution in [1.29, 1.82) is 0 Å². The number of aromatic nitrogens is 4. The van der Waals surface area contributed by atoms with Gasteiger partial charge in [-0.05, 0) is 57.7 Å². The molecule has 3 N–H and O–H groups in total. The molecule has 2 aromatic heterocycles. The van der Waals surface area contributed by atoms with Crippen LogP contribution in [0, 0.1) is 5.92 Å². The summed E-state index contributed by atoms with van der Waals surface area (Å²) in [5.74, 6) is 0.973. The minimum absolute atomic E-state index is 0.177. The molecule has 0 radical (unpaired) electrons. The third kappa shape index (κ3) is 8.97. The molecule has 11 nitrogen and oxygen atoms in total. The van der Waals surface area contributed by atoms with Crippen molar-refractivity contribution in [2.75, 3.05) is 25.7 Å². The fourth-order valence-corrected chi connectivity index (χ4v) is 5.47. The molecule has 0 amide bonds. The van der Waals surface area contributed by atoms with Gasteiger partial charge in [-0.2, -0.15) is 4.98 Å². The summed E-state index contributed by atoms with van der Waals surface area (Å²) in [6.07, 6.45) is 5.15. The zero-order valence-corrected chi connectivity index (χ0v) is 25.4. The molecular weight excluding hydrogens is 563 g/mol. The van der Waals surface area contributed by atoms with Crippen LogP contribution in [0.3, 0.4) is 0 Å². The van der Waals surface area contributed by atoms with Crippen LogP contribution in [-0.2, 0) is 18.8 Å². The van der Waals surface area contributed by atoms with Crippen LogP contribution in [0.4, 0.5) is 5.95 Å². The number of carbonyl (C=O) groups excluding carboxylic acids is 1. The van der Waals surface area contributed by atoms with Gasteiger partial charge in [-0.1, -0.05) is 18.5 Å². The minimum Gasteiger partial charge on any atom is -0.436 e. The Labute approximate surface area is 239 Å². The lowest BCUT2D eigenvalue weighted by Gasteiger charge is -2.22. The Morgan fingerprint density at radius 1 is 1.31 bits per heavy atom. The quantitative estimate of drug-likeness (QED) is 0.130. The topological polar surface area (TPSA) is 136 Å². The van der Waals surface area contributed by atoms with Crippen LogP contribution in [0.5, 0.6) is 5.75 Å². The highest BCUT2D eigenvalue weighted by molar-refractivity contribution is 7.98. The van der Waals surface area contributed by atoms with Gasteiger partial charge in [-0.3, -0.25) is 4.57 Å². The van der Waals surface area contributed by atoms with E-state index in [0.29, 0.717) is 34.6 Å². The molecule has 4 unspecified atom stereocenters. The predicted octanol–water partition coefficient (Wildman–Crippen LogP) is 5.25. The molecule has 39 heavy (non-hydrogen) atoms. The predicted molar refractivity (Wildman–Crippen MR) is 155 cm³/mol. The summed E-state index contributed by atoms with van der Waals surface area (Å²) >= 11 is 7.42. The number of carbonyl (C=O) groups is 1. The number of hydrogen-bond donors (Lipinski definition) is 2. The normalized spacial score (nSPS) is 20.5. The van der Waals surface area contributed by atoms with Crippen molar-refractivity contribution in [3.05, 3.63) is 35.6 Å². The average molecular weight is 599 g/mol. The number of nitrogens with one attached hydrogen (secondary N) is 1. The molecule has 1 fully saturated rings. The monoisotopic (exact) mass is 598 g/mol. The molecular formula is C25H36ClN6O5PS. The van der Waals surface area contributed by atoms with Crippen molar-refractivity contribution in [3.8, 4) is 5.75 Å². The molecule has 3 aromatic rings. The Balaban J connectivity index is 0.000000771. The van der Waals surface area contributed by atoms with Crippen LogP contribution in [0.25, 0.3) is 11.2 Å². The van der Waals surface area contributed by atoms with Crippen LogP contribution in [-0.4, -0.2) is 64.0 Å². The van der Waals surface area contributed by atoms with E-state index in [0.717, 1.165) is 17.7 Å². The van der Waals surface area contributed by atoms with Crippen LogP contribution < -0.4 is 15.3 Å². The second kappa shape index (κ2) is 15.1. The van der Waals surface area contributed by atoms with E-state index in [1.54, 1.807) is 44.6 Å². The van der Waals surface area contributed by atoms with E-state index in [4.69, 9.17) is 35.9 Å². The number of halogens is 1. The van der Waals surface area contributed by atoms with Crippen molar-refractivity contribution >= 4 is 55.3 Å². The number of nitrogen functional groups attached to an aromatic ring is 1. The van der Waals surface area contributed by atoms with Crippen LogP contribution in [0.15, 0.2) is 35.6 Å². The highest BCUT2D eigenvalue weighted by atomic mass is 35.5. The van der Waals surface area contributed by atoms with Gasteiger partial charge in [0.2, 0.25) is 5.95 Å². The summed E-state index contributed by atoms with van der Waals surface area (Å²) in [7, 11) is 0.115. The third-order valence-electron chi connectivity index (χ3n) is 5.69. The summed E-state index contributed by atoms with van der Waals surface area (Å²) in [6, 6.07) is 6.53. The Bertz CT molecular complexity index is 1200. The summed E-state index contributed by atoms with van der Waals surface area (Å²) in [6.45, 7) is 8.14. The van der Waals surface area contributed by atoms with Crippen molar-refractivity contribution < 1.29 is 23.3 Å². The highest BCUT2D eigenvalue weighted by Crippen LogP contribution is 2.40. The lowest BCUT2D eigenvalue weighted by molar-refractivity contribution is -0.108. The van der Waals surface area contributed by atoms with E-state index >= 15 is 0 Å². The fourth-order valence-electron chi connectivity index (χ4n) is 3.63. The fraction of sp³-hybridized carbons (Fsp3) is 0.520. The molecule has 214 valence electrons. The Morgan fingerprint density at radius 2 is 2.00 bits per heavy atom. The van der Waals surface area contributed by atoms with Crippen molar-refractivity contribution in [2.24, 2.45) is 5.92 Å². The number of rotatable bonds is 11. The number of aldehydes is 1. The van der Waals surface area contributed by atoms with Crippen LogP contribution in [0.2, 0.25) is 5.02 Å². The maximum absolute atomic E-state index is 11.2. The Hall–Kier alpha value is -2.05. The number of anilines is 1. The molecule has 5 atom stereocenters. The number of nitrogens with zero attached hydrogens (tertiary/aromatic N) is 4. The van der Waals surface area contributed by atoms with Crippen molar-refractivity contribution in [2.45, 2.75) is 63.6 Å². The number of nitrogens with two attached hydrogens (primary N) is 1. The Kier molecular flexibility index (Phi) is 12.2. The lowest BCUT2D eigenvalue weighted by atomic mass is 10.1. The highest BCUT2D eigenvalue weighted by Gasteiger charge is 2.36. The number of fused-ring (bicyclic) bond motifs is 1. The lowest BCUT2D eigenvalue weighted by Crippen LogP contribution is -2.26. The van der Waals surface area contributed by atoms with Crippen LogP contribution >= 0.6 is 31.9 Å². The third-order valence-corrected chi connectivity index (χ3v) is 7.99. The summed E-state index contributed by atoms with van der Waals surface area (Å²) in [5, 5.41) is 4.40. The first-order chi connectivity index (χ1) is 18.6. The minimum atomic E-state index is -1.58. The molecule has 0 aliphatic carbocycles. The smallest absolute Gasteiger partial charge is 0.318 e. The first kappa shape index (κ1) is 31.5. The SMILES string of the molecule is COC(C)C.CSc1nc(N)nc2c1ncn2[C@@H]1OC(COP(NC(C)C=O)Oc2ccc(Cl)cc2)CC1C. The van der Waals surface area contributed by atoms with E-state index in [1.807, 2.05) is 24.7 Å². The molecule has 1 aromatic carbocycles. The van der Waals surface area contributed by atoms with E-state index in [-0.39, 0.29) is 24.2 Å². The van der Waals surface area contributed by atoms with E-state index in [9.17, 15) is 4.79 Å². The van der Waals surface area contributed by atoms with Gasteiger partial charge in [0.25, 0.3) is 0 Å². The standard InChI is InChI=1S/C21H26ClN6O4PS.C4H10O/c1-12-8-16(10-30-33(27-13(2)9-29)32-15-6-4-14(22)5-7-15)31-20(12)28-11-24-17-18(28)25-21(23)26-19(17)34-3;1-4(2)5-3/h4-7,9,11-13,16,20,27H,8,10H2,1-3H3,(H2,23,25,26);4H,1-3H3/t12?,13?,16?,20-,33?;/m1./s1. The average Bonchev–Trinajstić information content (AvgIpc) is 3.50. The molecule has 0 bridgehead atoms. The first-order valence-corrected chi connectivity index (χ1v) is 15.2. The number of ether oxygens (including phenoxy) is 2. The molecule has 0 saturated carbocycles. The molecule has 4 rings (SSSR count).